The van der Waals surface area contributed by atoms with Crippen LogP contribution in [0.5, 0.6) is 0 Å². The predicted molar refractivity (Wildman–Crippen MR) is 116 cm³/mol. The van der Waals surface area contributed by atoms with Gasteiger partial charge in [-0.15, -0.1) is 0 Å². The lowest BCUT2D eigenvalue weighted by atomic mass is 10.0. The van der Waals surface area contributed by atoms with Crippen molar-refractivity contribution in [3.63, 3.8) is 0 Å². The predicted octanol–water partition coefficient (Wildman–Crippen LogP) is 2.67. The van der Waals surface area contributed by atoms with E-state index in [9.17, 15) is 9.59 Å². The molecule has 7 heteroatoms. The maximum Gasteiger partial charge on any atom is 0.257 e. The molecule has 4 heterocycles. The van der Waals surface area contributed by atoms with Gasteiger partial charge in [-0.1, -0.05) is 19.1 Å². The van der Waals surface area contributed by atoms with E-state index in [0.29, 0.717) is 53.5 Å². The van der Waals surface area contributed by atoms with Crippen LogP contribution in [0.1, 0.15) is 36.6 Å². The summed E-state index contributed by atoms with van der Waals surface area (Å²) in [4.78, 5) is 37.7. The number of fused-ring (bicyclic) bond motifs is 2. The second-order valence-electron chi connectivity index (χ2n) is 8.56. The van der Waals surface area contributed by atoms with E-state index in [0.717, 1.165) is 31.7 Å². The Bertz CT molecular complexity index is 1200. The van der Waals surface area contributed by atoms with Crippen LogP contribution >= 0.6 is 0 Å². The standard InChI is InChI=1S/C23H26N4O3/c1-15-5-4-9-27(11-15)23-24-19-8-10-26(13-18(19)22(29)25-23)12-16-14-30-20-7-3-2-6-17(20)21(16)28/h2-3,6-7,14-15H,4-5,8-13H2,1H3,(H,24,25,29)/t15-/m1/s1. The van der Waals surface area contributed by atoms with Gasteiger partial charge in [-0.05, 0) is 30.9 Å². The van der Waals surface area contributed by atoms with Gasteiger partial charge < -0.3 is 9.32 Å². The van der Waals surface area contributed by atoms with Gasteiger partial charge in [0.1, 0.15) is 5.58 Å². The summed E-state index contributed by atoms with van der Waals surface area (Å²) in [6.07, 6.45) is 4.60. The van der Waals surface area contributed by atoms with Gasteiger partial charge in [0, 0.05) is 44.7 Å². The number of benzene rings is 1. The molecule has 0 unspecified atom stereocenters. The summed E-state index contributed by atoms with van der Waals surface area (Å²) in [5.74, 6) is 1.32. The second-order valence-corrected chi connectivity index (χ2v) is 8.56. The Morgan fingerprint density at radius 1 is 1.23 bits per heavy atom. The minimum Gasteiger partial charge on any atom is -0.464 e. The molecule has 0 saturated carbocycles. The number of rotatable bonds is 3. The highest BCUT2D eigenvalue weighted by Gasteiger charge is 2.25. The molecular formula is C23H26N4O3. The quantitative estimate of drug-likeness (QED) is 0.720. The largest absolute Gasteiger partial charge is 0.464 e. The fraction of sp³-hybridized carbons (Fsp3) is 0.435. The van der Waals surface area contributed by atoms with Crippen molar-refractivity contribution in [2.24, 2.45) is 5.92 Å². The first kappa shape index (κ1) is 19.1. The smallest absolute Gasteiger partial charge is 0.257 e. The van der Waals surface area contributed by atoms with Crippen molar-refractivity contribution in [3.05, 3.63) is 67.9 Å². The van der Waals surface area contributed by atoms with Gasteiger partial charge in [0.15, 0.2) is 5.43 Å². The average molecular weight is 406 g/mol. The number of aromatic nitrogens is 2. The first-order valence-corrected chi connectivity index (χ1v) is 10.7. The molecule has 0 radical (unpaired) electrons. The number of aromatic amines is 1. The van der Waals surface area contributed by atoms with Crippen molar-refractivity contribution in [3.8, 4) is 0 Å². The van der Waals surface area contributed by atoms with Crippen molar-refractivity contribution in [2.45, 2.75) is 39.3 Å². The lowest BCUT2D eigenvalue weighted by Crippen LogP contribution is -2.40. The Kier molecular flexibility index (Phi) is 4.90. The molecule has 3 aromatic rings. The van der Waals surface area contributed by atoms with Crippen LogP contribution in [-0.4, -0.2) is 34.5 Å². The van der Waals surface area contributed by atoms with E-state index in [1.54, 1.807) is 18.4 Å². The summed E-state index contributed by atoms with van der Waals surface area (Å²) in [6.45, 7) is 5.81. The summed E-state index contributed by atoms with van der Waals surface area (Å²) >= 11 is 0. The summed E-state index contributed by atoms with van der Waals surface area (Å²) in [5.41, 5.74) is 2.72. The molecule has 1 aromatic carbocycles. The number of nitrogens with zero attached hydrogens (tertiary/aromatic N) is 3. The lowest BCUT2D eigenvalue weighted by molar-refractivity contribution is 0.239. The zero-order chi connectivity index (χ0) is 20.7. The Balaban J connectivity index is 1.37. The minimum atomic E-state index is -0.0662. The summed E-state index contributed by atoms with van der Waals surface area (Å²) in [7, 11) is 0. The number of hydrogen-bond donors (Lipinski definition) is 1. The second kappa shape index (κ2) is 7.72. The molecule has 0 aliphatic carbocycles. The van der Waals surface area contributed by atoms with Crippen LogP contribution in [0.4, 0.5) is 5.95 Å². The monoisotopic (exact) mass is 406 g/mol. The third kappa shape index (κ3) is 3.54. The van der Waals surface area contributed by atoms with E-state index in [1.807, 2.05) is 12.1 Å². The molecular weight excluding hydrogens is 380 g/mol. The van der Waals surface area contributed by atoms with Crippen LogP contribution in [0.25, 0.3) is 11.0 Å². The van der Waals surface area contributed by atoms with Crippen molar-refractivity contribution in [2.75, 3.05) is 24.5 Å². The molecule has 0 spiro atoms. The first-order chi connectivity index (χ1) is 14.6. The van der Waals surface area contributed by atoms with E-state index in [2.05, 4.69) is 21.7 Å². The molecule has 1 fully saturated rings. The molecule has 2 aromatic heterocycles. The minimum absolute atomic E-state index is 0.00996. The molecule has 156 valence electrons. The normalized spacial score (nSPS) is 19.8. The van der Waals surface area contributed by atoms with Crippen LogP contribution in [0, 0.1) is 5.92 Å². The van der Waals surface area contributed by atoms with Crippen LogP contribution in [-0.2, 0) is 19.5 Å². The number of hydrogen-bond acceptors (Lipinski definition) is 6. The van der Waals surface area contributed by atoms with Crippen LogP contribution in [0.2, 0.25) is 0 Å². The lowest BCUT2D eigenvalue weighted by Gasteiger charge is -2.33. The fourth-order valence-electron chi connectivity index (χ4n) is 4.60. The third-order valence-corrected chi connectivity index (χ3v) is 6.24. The van der Waals surface area contributed by atoms with Crippen LogP contribution in [0.15, 0.2) is 44.5 Å². The van der Waals surface area contributed by atoms with E-state index < -0.39 is 0 Å². The molecule has 1 saturated heterocycles. The molecule has 5 rings (SSSR count). The van der Waals surface area contributed by atoms with Crippen molar-refractivity contribution in [1.82, 2.24) is 14.9 Å². The maximum absolute atomic E-state index is 12.8. The molecule has 1 atom stereocenters. The number of nitrogens with one attached hydrogen (secondary N) is 1. The fourth-order valence-corrected chi connectivity index (χ4v) is 4.60. The highest BCUT2D eigenvalue weighted by molar-refractivity contribution is 5.76. The molecule has 7 nitrogen and oxygen atoms in total. The summed E-state index contributed by atoms with van der Waals surface area (Å²) in [6, 6.07) is 7.27. The number of piperidine rings is 1. The molecule has 2 aliphatic rings. The van der Waals surface area contributed by atoms with E-state index >= 15 is 0 Å². The van der Waals surface area contributed by atoms with Gasteiger partial charge in [-0.25, -0.2) is 4.98 Å². The SMILES string of the molecule is C[C@@H]1CCCN(c2nc3c(c(=O)[nH]2)CN(Cc2coc4ccccc4c2=O)CC3)C1. The third-order valence-electron chi connectivity index (χ3n) is 6.24. The molecule has 0 amide bonds. The molecule has 0 bridgehead atoms. The van der Waals surface area contributed by atoms with Gasteiger partial charge in [0.2, 0.25) is 5.95 Å². The van der Waals surface area contributed by atoms with Crippen LogP contribution < -0.4 is 15.9 Å². The van der Waals surface area contributed by atoms with Gasteiger partial charge in [0.05, 0.1) is 22.9 Å². The Morgan fingerprint density at radius 2 is 2.10 bits per heavy atom. The van der Waals surface area contributed by atoms with Crippen LogP contribution in [0.3, 0.4) is 0 Å². The number of para-hydroxylation sites is 1. The Hall–Kier alpha value is -2.93. The van der Waals surface area contributed by atoms with Crippen molar-refractivity contribution < 1.29 is 4.42 Å². The maximum atomic E-state index is 12.8. The van der Waals surface area contributed by atoms with E-state index in [1.165, 1.54) is 6.42 Å². The van der Waals surface area contributed by atoms with Gasteiger partial charge >= 0.3 is 0 Å². The zero-order valence-electron chi connectivity index (χ0n) is 17.2. The number of H-pyrrole nitrogens is 1. The topological polar surface area (TPSA) is 82.4 Å². The zero-order valence-corrected chi connectivity index (χ0v) is 17.2. The molecule has 2 aliphatic heterocycles. The Morgan fingerprint density at radius 3 is 2.97 bits per heavy atom. The van der Waals surface area contributed by atoms with E-state index in [4.69, 9.17) is 9.40 Å². The van der Waals surface area contributed by atoms with Crippen molar-refractivity contribution >= 4 is 16.9 Å². The molecule has 30 heavy (non-hydrogen) atoms. The van der Waals surface area contributed by atoms with E-state index in [-0.39, 0.29) is 11.0 Å². The average Bonchev–Trinajstić information content (AvgIpc) is 2.76. The highest BCUT2D eigenvalue weighted by atomic mass is 16.3. The van der Waals surface area contributed by atoms with Gasteiger partial charge in [-0.2, -0.15) is 0 Å². The van der Waals surface area contributed by atoms with Gasteiger partial charge in [-0.3, -0.25) is 19.5 Å². The first-order valence-electron chi connectivity index (χ1n) is 10.7. The summed E-state index contributed by atoms with van der Waals surface area (Å²) in [5, 5.41) is 0.590. The summed E-state index contributed by atoms with van der Waals surface area (Å²) < 4.78 is 5.64. The van der Waals surface area contributed by atoms with Crippen molar-refractivity contribution in [1.29, 1.82) is 0 Å². The highest BCUT2D eigenvalue weighted by Crippen LogP contribution is 2.22. The number of anilines is 1. The van der Waals surface area contributed by atoms with Gasteiger partial charge in [0.25, 0.3) is 5.56 Å². The molecule has 1 N–H and O–H groups in total. The Labute approximate surface area is 174 Å².